The van der Waals surface area contributed by atoms with Crippen LogP contribution in [0.2, 0.25) is 0 Å². The minimum atomic E-state index is -0.0841. The summed E-state index contributed by atoms with van der Waals surface area (Å²) >= 11 is 1.57. The Balaban J connectivity index is 1.73. The van der Waals surface area contributed by atoms with Gasteiger partial charge in [-0.15, -0.1) is 11.3 Å². The summed E-state index contributed by atoms with van der Waals surface area (Å²) in [4.78, 5) is 19.0. The van der Waals surface area contributed by atoms with E-state index < -0.39 is 0 Å². The highest BCUT2D eigenvalue weighted by Crippen LogP contribution is 2.35. The largest absolute Gasteiger partial charge is 0.507 e. The average molecular weight is 360 g/mol. The van der Waals surface area contributed by atoms with Gasteiger partial charge in [-0.1, -0.05) is 18.6 Å². The molecule has 0 radical (unpaired) electrons. The van der Waals surface area contributed by atoms with Crippen molar-refractivity contribution in [2.75, 3.05) is 24.6 Å². The summed E-state index contributed by atoms with van der Waals surface area (Å²) in [5.41, 5.74) is 2.64. The molecule has 0 aliphatic carbocycles. The number of hydrogen-bond donors (Lipinski definition) is 1. The van der Waals surface area contributed by atoms with Crippen LogP contribution in [0.15, 0.2) is 23.6 Å². The molecule has 1 aromatic heterocycles. The lowest BCUT2D eigenvalue weighted by molar-refractivity contribution is -0.150. The molecule has 6 heteroatoms. The summed E-state index contributed by atoms with van der Waals surface area (Å²) in [6.45, 7) is 7.95. The molecule has 2 atom stereocenters. The predicted octanol–water partition coefficient (Wildman–Crippen LogP) is 3.85. The smallest absolute Gasteiger partial charge is 0.309 e. The van der Waals surface area contributed by atoms with E-state index in [2.05, 4.69) is 11.8 Å². The van der Waals surface area contributed by atoms with Gasteiger partial charge in [0.1, 0.15) is 5.75 Å². The summed E-state index contributed by atoms with van der Waals surface area (Å²) in [5.74, 6) is 0.361. The molecule has 134 valence electrons. The standard InChI is InChI=1S/C19H24N2O3S/c1-4-24-18(23)14-7-8-21(10-13(14)3)19-20-16(11-25-19)15-9-12(2)5-6-17(15)22/h5-6,9,11,13-14,22H,4,7-8,10H2,1-3H3. The first-order chi connectivity index (χ1) is 12.0. The first-order valence-electron chi connectivity index (χ1n) is 8.66. The molecule has 2 aromatic rings. The number of benzene rings is 1. The molecule has 1 aliphatic rings. The van der Waals surface area contributed by atoms with E-state index >= 15 is 0 Å². The van der Waals surface area contributed by atoms with Crippen LogP contribution in [0.5, 0.6) is 5.75 Å². The maximum absolute atomic E-state index is 12.0. The Kier molecular flexibility index (Phi) is 5.27. The SMILES string of the molecule is CCOC(=O)C1CCN(c2nc(-c3cc(C)ccc3O)cs2)CC1C. The lowest BCUT2D eigenvalue weighted by Crippen LogP contribution is -2.42. The minimum Gasteiger partial charge on any atom is -0.507 e. The van der Waals surface area contributed by atoms with Crippen LogP contribution in [0.1, 0.15) is 25.8 Å². The van der Waals surface area contributed by atoms with Gasteiger partial charge in [-0.25, -0.2) is 4.98 Å². The lowest BCUT2D eigenvalue weighted by atomic mass is 9.87. The van der Waals surface area contributed by atoms with Crippen LogP contribution in [-0.4, -0.2) is 35.8 Å². The van der Waals surface area contributed by atoms with Crippen LogP contribution in [0.25, 0.3) is 11.3 Å². The Morgan fingerprint density at radius 2 is 2.28 bits per heavy atom. The van der Waals surface area contributed by atoms with E-state index in [1.165, 1.54) is 0 Å². The number of aromatic nitrogens is 1. The minimum absolute atomic E-state index is 0.0311. The van der Waals surface area contributed by atoms with Crippen LogP contribution in [-0.2, 0) is 9.53 Å². The van der Waals surface area contributed by atoms with Gasteiger partial charge in [0, 0.05) is 24.0 Å². The normalized spacial score (nSPS) is 20.5. The number of thiazole rings is 1. The number of esters is 1. The molecular formula is C19H24N2O3S. The van der Waals surface area contributed by atoms with Gasteiger partial charge in [0.05, 0.1) is 18.2 Å². The zero-order valence-electron chi connectivity index (χ0n) is 14.9. The molecule has 1 N–H and O–H groups in total. The third kappa shape index (κ3) is 3.79. The highest BCUT2D eigenvalue weighted by Gasteiger charge is 2.33. The molecule has 1 aliphatic heterocycles. The summed E-state index contributed by atoms with van der Waals surface area (Å²) in [6, 6.07) is 5.54. The predicted molar refractivity (Wildman–Crippen MR) is 100 cm³/mol. The molecule has 3 rings (SSSR count). The van der Waals surface area contributed by atoms with Gasteiger partial charge >= 0.3 is 5.97 Å². The van der Waals surface area contributed by atoms with Crippen molar-refractivity contribution >= 4 is 22.4 Å². The van der Waals surface area contributed by atoms with Gasteiger partial charge in [-0.3, -0.25) is 4.79 Å². The zero-order chi connectivity index (χ0) is 18.0. The van der Waals surface area contributed by atoms with Gasteiger partial charge < -0.3 is 14.7 Å². The molecule has 25 heavy (non-hydrogen) atoms. The van der Waals surface area contributed by atoms with Crippen molar-refractivity contribution in [3.8, 4) is 17.0 Å². The van der Waals surface area contributed by atoms with Crippen molar-refractivity contribution in [1.82, 2.24) is 4.98 Å². The summed E-state index contributed by atoms with van der Waals surface area (Å²) in [5, 5.41) is 13.0. The van der Waals surface area contributed by atoms with Gasteiger partial charge in [-0.2, -0.15) is 0 Å². The number of nitrogens with zero attached hydrogens (tertiary/aromatic N) is 2. The number of anilines is 1. The maximum atomic E-state index is 12.0. The molecule has 1 aromatic carbocycles. The number of carbonyl (C=O) groups excluding carboxylic acids is 1. The van der Waals surface area contributed by atoms with Crippen LogP contribution in [0, 0.1) is 18.8 Å². The molecule has 1 fully saturated rings. The van der Waals surface area contributed by atoms with Crippen molar-refractivity contribution in [2.45, 2.75) is 27.2 Å². The molecule has 1 saturated heterocycles. The Bertz CT molecular complexity index is 759. The second kappa shape index (κ2) is 7.44. The molecule has 5 nitrogen and oxygen atoms in total. The highest BCUT2D eigenvalue weighted by atomic mass is 32.1. The highest BCUT2D eigenvalue weighted by molar-refractivity contribution is 7.14. The number of aryl methyl sites for hydroxylation is 1. The molecule has 0 saturated carbocycles. The number of piperidine rings is 1. The Morgan fingerprint density at radius 1 is 1.48 bits per heavy atom. The number of hydrogen-bond acceptors (Lipinski definition) is 6. The molecular weight excluding hydrogens is 336 g/mol. The maximum Gasteiger partial charge on any atom is 0.309 e. The first kappa shape index (κ1) is 17.7. The zero-order valence-corrected chi connectivity index (χ0v) is 15.7. The molecule has 2 heterocycles. The Morgan fingerprint density at radius 3 is 3.00 bits per heavy atom. The number of phenols is 1. The van der Waals surface area contributed by atoms with Crippen LogP contribution < -0.4 is 4.90 Å². The van der Waals surface area contributed by atoms with Crippen LogP contribution in [0.4, 0.5) is 5.13 Å². The summed E-state index contributed by atoms with van der Waals surface area (Å²) in [6.07, 6.45) is 0.782. The fourth-order valence-electron chi connectivity index (χ4n) is 3.31. The number of rotatable bonds is 4. The third-order valence-electron chi connectivity index (χ3n) is 4.69. The van der Waals surface area contributed by atoms with Gasteiger partial charge in [-0.05, 0) is 38.3 Å². The first-order valence-corrected chi connectivity index (χ1v) is 9.54. The fraction of sp³-hybridized carbons (Fsp3) is 0.474. The van der Waals surface area contributed by atoms with Gasteiger partial charge in [0.15, 0.2) is 5.13 Å². The number of carbonyl (C=O) groups is 1. The van der Waals surface area contributed by atoms with Crippen molar-refractivity contribution in [1.29, 1.82) is 0 Å². The second-order valence-corrected chi connectivity index (χ2v) is 7.44. The van der Waals surface area contributed by atoms with Crippen molar-refractivity contribution < 1.29 is 14.6 Å². The quantitative estimate of drug-likeness (QED) is 0.839. The number of ether oxygens (including phenoxy) is 1. The lowest BCUT2D eigenvalue weighted by Gasteiger charge is -2.35. The van der Waals surface area contributed by atoms with E-state index in [1.54, 1.807) is 17.4 Å². The van der Waals surface area contributed by atoms with E-state index in [0.717, 1.165) is 41.5 Å². The Hall–Kier alpha value is -2.08. The summed E-state index contributed by atoms with van der Waals surface area (Å²) < 4.78 is 5.18. The molecule has 2 unspecified atom stereocenters. The summed E-state index contributed by atoms with van der Waals surface area (Å²) in [7, 11) is 0. The Labute approximate surface area is 152 Å². The number of phenolic OH excluding ortho intramolecular Hbond substituents is 1. The van der Waals surface area contributed by atoms with Crippen molar-refractivity contribution in [3.63, 3.8) is 0 Å². The third-order valence-corrected chi connectivity index (χ3v) is 5.59. The number of aromatic hydroxyl groups is 1. The monoisotopic (exact) mass is 360 g/mol. The molecule has 0 bridgehead atoms. The van der Waals surface area contributed by atoms with E-state index in [0.29, 0.717) is 6.61 Å². The van der Waals surface area contributed by atoms with E-state index in [9.17, 15) is 9.90 Å². The van der Waals surface area contributed by atoms with E-state index in [1.807, 2.05) is 31.4 Å². The van der Waals surface area contributed by atoms with Gasteiger partial charge in [0.2, 0.25) is 0 Å². The second-order valence-electron chi connectivity index (χ2n) is 6.61. The van der Waals surface area contributed by atoms with Crippen LogP contribution >= 0.6 is 11.3 Å². The molecule has 0 spiro atoms. The average Bonchev–Trinajstić information content (AvgIpc) is 3.07. The van der Waals surface area contributed by atoms with E-state index in [-0.39, 0.29) is 23.6 Å². The fourth-order valence-corrected chi connectivity index (χ4v) is 4.17. The van der Waals surface area contributed by atoms with Gasteiger partial charge in [0.25, 0.3) is 0 Å². The topological polar surface area (TPSA) is 62.7 Å². The van der Waals surface area contributed by atoms with Crippen molar-refractivity contribution in [2.24, 2.45) is 11.8 Å². The van der Waals surface area contributed by atoms with E-state index in [4.69, 9.17) is 9.72 Å². The molecule has 0 amide bonds. The van der Waals surface area contributed by atoms with Crippen LogP contribution in [0.3, 0.4) is 0 Å². The van der Waals surface area contributed by atoms with Crippen molar-refractivity contribution in [3.05, 3.63) is 29.1 Å².